The van der Waals surface area contributed by atoms with Crippen LogP contribution in [0.25, 0.3) is 0 Å². The van der Waals surface area contributed by atoms with Crippen molar-refractivity contribution in [3.63, 3.8) is 0 Å². The molecule has 0 bridgehead atoms. The van der Waals surface area contributed by atoms with E-state index in [9.17, 15) is 4.79 Å². The zero-order chi connectivity index (χ0) is 15.9. The second-order valence-corrected chi connectivity index (χ2v) is 5.37. The number of benzene rings is 2. The number of nitrogens with one attached hydrogen (secondary N) is 1. The first-order valence-electron chi connectivity index (χ1n) is 7.64. The molecule has 0 radical (unpaired) electrons. The van der Waals surface area contributed by atoms with Gasteiger partial charge >= 0.3 is 0 Å². The van der Waals surface area contributed by atoms with Gasteiger partial charge in [-0.1, -0.05) is 36.8 Å². The van der Waals surface area contributed by atoms with Gasteiger partial charge in [-0.2, -0.15) is 0 Å². The lowest BCUT2D eigenvalue weighted by molar-refractivity contribution is 0.0954. The quantitative estimate of drug-likeness (QED) is 0.885. The van der Waals surface area contributed by atoms with E-state index in [1.807, 2.05) is 36.4 Å². The van der Waals surface area contributed by atoms with Crippen LogP contribution in [0.5, 0.6) is 5.75 Å². The second-order valence-electron chi connectivity index (χ2n) is 5.37. The van der Waals surface area contributed by atoms with Gasteiger partial charge in [0.25, 0.3) is 5.91 Å². The number of ether oxygens (including phenoxy) is 1. The first kappa shape index (κ1) is 16.1. The van der Waals surface area contributed by atoms with Crippen molar-refractivity contribution in [3.05, 3.63) is 64.7 Å². The van der Waals surface area contributed by atoms with E-state index >= 15 is 0 Å². The molecule has 0 aliphatic heterocycles. The maximum absolute atomic E-state index is 12.1. The van der Waals surface area contributed by atoms with Gasteiger partial charge in [0.05, 0.1) is 7.11 Å². The Balaban J connectivity index is 1.92. The number of rotatable bonds is 6. The normalized spacial score (nSPS) is 10.3. The fourth-order valence-electron chi connectivity index (χ4n) is 2.41. The third-order valence-electron chi connectivity index (χ3n) is 3.74. The molecule has 22 heavy (non-hydrogen) atoms. The predicted octanol–water partition coefficient (Wildman–Crippen LogP) is 3.54. The van der Waals surface area contributed by atoms with Crippen molar-refractivity contribution in [2.24, 2.45) is 0 Å². The Hall–Kier alpha value is -2.29. The van der Waals surface area contributed by atoms with Gasteiger partial charge in [-0.25, -0.2) is 0 Å². The summed E-state index contributed by atoms with van der Waals surface area (Å²) in [7, 11) is 1.67. The Morgan fingerprint density at radius 3 is 2.50 bits per heavy atom. The highest BCUT2D eigenvalue weighted by Gasteiger charge is 2.07. The largest absolute Gasteiger partial charge is 0.496 e. The number of hydrogen-bond acceptors (Lipinski definition) is 2. The van der Waals surface area contributed by atoms with Crippen molar-refractivity contribution in [1.82, 2.24) is 5.32 Å². The number of carbonyl (C=O) groups is 1. The van der Waals surface area contributed by atoms with Crippen LogP contribution in [0.2, 0.25) is 0 Å². The molecule has 0 fully saturated rings. The van der Waals surface area contributed by atoms with Gasteiger partial charge in [0.2, 0.25) is 0 Å². The van der Waals surface area contributed by atoms with Gasteiger partial charge in [0.1, 0.15) is 5.75 Å². The number of carbonyl (C=O) groups excluding carboxylic acids is 1. The van der Waals surface area contributed by atoms with Crippen LogP contribution in [0.3, 0.4) is 0 Å². The lowest BCUT2D eigenvalue weighted by atomic mass is 10.1. The van der Waals surface area contributed by atoms with E-state index in [-0.39, 0.29) is 5.91 Å². The van der Waals surface area contributed by atoms with E-state index in [1.165, 1.54) is 11.1 Å². The fraction of sp³-hybridized carbons (Fsp3) is 0.316. The maximum Gasteiger partial charge on any atom is 0.251 e. The molecule has 0 aliphatic rings. The third kappa shape index (κ3) is 4.10. The number of hydrogen-bond donors (Lipinski definition) is 1. The van der Waals surface area contributed by atoms with Crippen molar-refractivity contribution in [1.29, 1.82) is 0 Å². The second kappa shape index (κ2) is 7.64. The van der Waals surface area contributed by atoms with Crippen molar-refractivity contribution in [3.8, 4) is 5.75 Å². The van der Waals surface area contributed by atoms with Crippen molar-refractivity contribution < 1.29 is 9.53 Å². The van der Waals surface area contributed by atoms with E-state index < -0.39 is 0 Å². The van der Waals surface area contributed by atoms with Crippen LogP contribution in [-0.2, 0) is 12.8 Å². The molecule has 1 N–H and O–H groups in total. The van der Waals surface area contributed by atoms with Crippen LogP contribution in [0.4, 0.5) is 0 Å². The van der Waals surface area contributed by atoms with E-state index in [0.717, 1.165) is 24.2 Å². The zero-order valence-electron chi connectivity index (χ0n) is 13.5. The highest BCUT2D eigenvalue weighted by atomic mass is 16.5. The lowest BCUT2D eigenvalue weighted by Crippen LogP contribution is -2.25. The lowest BCUT2D eigenvalue weighted by Gasteiger charge is -2.10. The molecule has 2 rings (SSSR count). The molecule has 0 aliphatic carbocycles. The molecule has 1 amide bonds. The Morgan fingerprint density at radius 1 is 1.14 bits per heavy atom. The molecule has 0 saturated heterocycles. The minimum atomic E-state index is -0.0331. The molecule has 3 heteroatoms. The van der Waals surface area contributed by atoms with Crippen molar-refractivity contribution in [2.45, 2.75) is 26.7 Å². The van der Waals surface area contributed by atoms with Gasteiger partial charge in [0, 0.05) is 12.1 Å². The summed E-state index contributed by atoms with van der Waals surface area (Å²) in [5.41, 5.74) is 4.25. The van der Waals surface area contributed by atoms with Gasteiger partial charge in [-0.3, -0.25) is 4.79 Å². The molecule has 0 heterocycles. The van der Waals surface area contributed by atoms with Crippen LogP contribution in [0.15, 0.2) is 42.5 Å². The van der Waals surface area contributed by atoms with Gasteiger partial charge in [-0.05, 0) is 49.1 Å². The molecular weight excluding hydrogens is 274 g/mol. The summed E-state index contributed by atoms with van der Waals surface area (Å²) in [6.07, 6.45) is 1.73. The van der Waals surface area contributed by atoms with Gasteiger partial charge < -0.3 is 10.1 Å². The molecule has 0 aromatic heterocycles. The summed E-state index contributed by atoms with van der Waals surface area (Å²) in [5, 5.41) is 2.96. The average Bonchev–Trinajstić information content (AvgIpc) is 2.55. The Morgan fingerprint density at radius 2 is 1.86 bits per heavy atom. The first-order chi connectivity index (χ1) is 10.6. The average molecular weight is 297 g/mol. The first-order valence-corrected chi connectivity index (χ1v) is 7.64. The van der Waals surface area contributed by atoms with E-state index in [0.29, 0.717) is 12.1 Å². The highest BCUT2D eigenvalue weighted by Crippen LogP contribution is 2.19. The number of amides is 1. The number of aryl methyl sites for hydroxylation is 2. The summed E-state index contributed by atoms with van der Waals surface area (Å²) >= 11 is 0. The zero-order valence-corrected chi connectivity index (χ0v) is 13.5. The summed E-state index contributed by atoms with van der Waals surface area (Å²) < 4.78 is 5.36. The molecule has 0 atom stereocenters. The summed E-state index contributed by atoms with van der Waals surface area (Å²) in [4.78, 5) is 12.1. The molecular formula is C19H23NO2. The van der Waals surface area contributed by atoms with Crippen LogP contribution in [0.1, 0.15) is 34.0 Å². The molecule has 116 valence electrons. The molecule has 2 aromatic rings. The molecule has 0 spiro atoms. The van der Waals surface area contributed by atoms with Crippen LogP contribution in [0, 0.1) is 6.92 Å². The SMILES string of the molecule is CCc1ccc(C(=O)NCCc2cc(C)ccc2OC)cc1. The van der Waals surface area contributed by atoms with E-state index in [4.69, 9.17) is 4.74 Å². The monoisotopic (exact) mass is 297 g/mol. The Labute approximate surface area is 132 Å². The van der Waals surface area contributed by atoms with E-state index in [1.54, 1.807) is 7.11 Å². The Kier molecular flexibility index (Phi) is 5.59. The number of methoxy groups -OCH3 is 1. The Bertz CT molecular complexity index is 632. The fourth-order valence-corrected chi connectivity index (χ4v) is 2.41. The van der Waals surface area contributed by atoms with E-state index in [2.05, 4.69) is 25.2 Å². The minimum Gasteiger partial charge on any atom is -0.496 e. The van der Waals surface area contributed by atoms with Crippen LogP contribution < -0.4 is 10.1 Å². The highest BCUT2D eigenvalue weighted by molar-refractivity contribution is 5.94. The minimum absolute atomic E-state index is 0.0331. The molecule has 2 aromatic carbocycles. The summed E-state index contributed by atoms with van der Waals surface area (Å²) in [5.74, 6) is 0.835. The van der Waals surface area contributed by atoms with Crippen molar-refractivity contribution >= 4 is 5.91 Å². The van der Waals surface area contributed by atoms with Gasteiger partial charge in [0.15, 0.2) is 0 Å². The molecule has 3 nitrogen and oxygen atoms in total. The summed E-state index contributed by atoms with van der Waals surface area (Å²) in [6, 6.07) is 13.8. The predicted molar refractivity (Wildman–Crippen MR) is 89.6 cm³/mol. The smallest absolute Gasteiger partial charge is 0.251 e. The van der Waals surface area contributed by atoms with Gasteiger partial charge in [-0.15, -0.1) is 0 Å². The van der Waals surface area contributed by atoms with Crippen LogP contribution >= 0.6 is 0 Å². The van der Waals surface area contributed by atoms with Crippen LogP contribution in [-0.4, -0.2) is 19.6 Å². The maximum atomic E-state index is 12.1. The molecule has 0 unspecified atom stereocenters. The standard InChI is InChI=1S/C19H23NO2/c1-4-15-6-8-16(9-7-15)19(21)20-12-11-17-13-14(2)5-10-18(17)22-3/h5-10,13H,4,11-12H2,1-3H3,(H,20,21). The topological polar surface area (TPSA) is 38.3 Å². The van der Waals surface area contributed by atoms with Crippen molar-refractivity contribution in [2.75, 3.05) is 13.7 Å². The third-order valence-corrected chi connectivity index (χ3v) is 3.74. The summed E-state index contributed by atoms with van der Waals surface area (Å²) in [6.45, 7) is 4.75. The molecule has 0 saturated carbocycles.